The van der Waals surface area contributed by atoms with Gasteiger partial charge in [-0.05, 0) is 50.7 Å². The van der Waals surface area contributed by atoms with Crippen molar-refractivity contribution in [3.8, 4) is 5.75 Å². The molecule has 0 aliphatic carbocycles. The highest BCUT2D eigenvalue weighted by Crippen LogP contribution is 2.37. The number of benzene rings is 4. The quantitative estimate of drug-likeness (QED) is 0.358. The Bertz CT molecular complexity index is 1010. The molecule has 0 atom stereocenters. The summed E-state index contributed by atoms with van der Waals surface area (Å²) in [6.07, 6.45) is 1.87. The SMILES string of the molecule is C=Cc1cccc2cc(O)c3cc4ccccc4cc3c12. The van der Waals surface area contributed by atoms with Gasteiger partial charge in [0, 0.05) is 5.39 Å². The fraction of sp³-hybridized carbons (Fsp3) is 0. The molecule has 1 heteroatoms. The van der Waals surface area contributed by atoms with Gasteiger partial charge in [0.2, 0.25) is 0 Å². The fourth-order valence-corrected chi connectivity index (χ4v) is 3.07. The highest BCUT2D eigenvalue weighted by atomic mass is 16.3. The van der Waals surface area contributed by atoms with Crippen LogP contribution in [-0.4, -0.2) is 5.11 Å². The molecule has 0 fully saturated rings. The highest BCUT2D eigenvalue weighted by molar-refractivity contribution is 6.16. The lowest BCUT2D eigenvalue weighted by molar-refractivity contribution is 0.482. The zero-order chi connectivity index (χ0) is 14.4. The van der Waals surface area contributed by atoms with Crippen LogP contribution in [0.3, 0.4) is 0 Å². The summed E-state index contributed by atoms with van der Waals surface area (Å²) in [5, 5.41) is 16.8. The first-order chi connectivity index (χ1) is 10.3. The van der Waals surface area contributed by atoms with Gasteiger partial charge in [-0.2, -0.15) is 0 Å². The van der Waals surface area contributed by atoms with E-state index in [1.165, 1.54) is 5.39 Å². The number of aromatic hydroxyl groups is 1. The maximum atomic E-state index is 10.4. The second-order valence-corrected chi connectivity index (χ2v) is 5.29. The molecule has 0 heterocycles. The molecule has 4 aromatic rings. The lowest BCUT2D eigenvalue weighted by atomic mass is 9.94. The van der Waals surface area contributed by atoms with E-state index in [1.54, 1.807) is 0 Å². The molecule has 0 bridgehead atoms. The van der Waals surface area contributed by atoms with Gasteiger partial charge in [-0.1, -0.05) is 55.1 Å². The van der Waals surface area contributed by atoms with Crippen molar-refractivity contribution in [1.82, 2.24) is 0 Å². The van der Waals surface area contributed by atoms with Crippen LogP contribution in [0.1, 0.15) is 5.56 Å². The minimum absolute atomic E-state index is 0.324. The van der Waals surface area contributed by atoms with Gasteiger partial charge in [-0.3, -0.25) is 0 Å². The van der Waals surface area contributed by atoms with E-state index in [2.05, 4.69) is 36.9 Å². The van der Waals surface area contributed by atoms with Crippen molar-refractivity contribution in [3.63, 3.8) is 0 Å². The van der Waals surface area contributed by atoms with Crippen LogP contribution in [-0.2, 0) is 0 Å². The second kappa shape index (κ2) is 4.35. The molecular weight excluding hydrogens is 256 g/mol. The van der Waals surface area contributed by atoms with Crippen molar-refractivity contribution in [2.45, 2.75) is 0 Å². The van der Waals surface area contributed by atoms with Crippen molar-refractivity contribution in [3.05, 3.63) is 72.8 Å². The normalized spacial score (nSPS) is 11.2. The molecule has 0 unspecified atom stereocenters. The zero-order valence-electron chi connectivity index (χ0n) is 11.5. The van der Waals surface area contributed by atoms with Crippen LogP contribution in [0.4, 0.5) is 0 Å². The highest BCUT2D eigenvalue weighted by Gasteiger charge is 2.09. The number of phenolic OH excluding ortho intramolecular Hbond substituents is 1. The van der Waals surface area contributed by atoms with E-state index in [9.17, 15) is 5.11 Å². The Labute approximate surface area is 122 Å². The third-order valence-electron chi connectivity index (χ3n) is 4.07. The lowest BCUT2D eigenvalue weighted by Crippen LogP contribution is -1.84. The van der Waals surface area contributed by atoms with E-state index in [0.717, 1.165) is 32.5 Å². The van der Waals surface area contributed by atoms with Crippen LogP contribution in [0.5, 0.6) is 5.75 Å². The molecule has 0 radical (unpaired) electrons. The first-order valence-corrected chi connectivity index (χ1v) is 6.97. The molecule has 0 saturated heterocycles. The van der Waals surface area contributed by atoms with Crippen molar-refractivity contribution in [2.24, 2.45) is 0 Å². The Hall–Kier alpha value is -2.80. The smallest absolute Gasteiger partial charge is 0.124 e. The minimum atomic E-state index is 0.324. The predicted molar refractivity (Wildman–Crippen MR) is 90.7 cm³/mol. The topological polar surface area (TPSA) is 20.2 Å². The van der Waals surface area contributed by atoms with Crippen LogP contribution >= 0.6 is 0 Å². The summed E-state index contributed by atoms with van der Waals surface area (Å²) in [5.41, 5.74) is 1.09. The third-order valence-corrected chi connectivity index (χ3v) is 4.07. The molecule has 0 aromatic heterocycles. The van der Waals surface area contributed by atoms with E-state index < -0.39 is 0 Å². The first-order valence-electron chi connectivity index (χ1n) is 6.97. The van der Waals surface area contributed by atoms with Gasteiger partial charge in [-0.25, -0.2) is 0 Å². The van der Waals surface area contributed by atoms with Crippen LogP contribution in [0.2, 0.25) is 0 Å². The van der Waals surface area contributed by atoms with Gasteiger partial charge in [0.05, 0.1) is 0 Å². The molecule has 0 amide bonds. The van der Waals surface area contributed by atoms with E-state index in [0.29, 0.717) is 5.75 Å². The molecule has 1 N–H and O–H groups in total. The van der Waals surface area contributed by atoms with Gasteiger partial charge in [0.1, 0.15) is 5.75 Å². The molecular formula is C20H14O. The first kappa shape index (κ1) is 12.0. The Balaban J connectivity index is 2.32. The zero-order valence-corrected chi connectivity index (χ0v) is 11.5. The fourth-order valence-electron chi connectivity index (χ4n) is 3.07. The molecule has 4 aromatic carbocycles. The van der Waals surface area contributed by atoms with Gasteiger partial charge in [0.25, 0.3) is 0 Å². The lowest BCUT2D eigenvalue weighted by Gasteiger charge is -2.10. The van der Waals surface area contributed by atoms with E-state index >= 15 is 0 Å². The van der Waals surface area contributed by atoms with Crippen molar-refractivity contribution < 1.29 is 5.11 Å². The monoisotopic (exact) mass is 270 g/mol. The Kier molecular flexibility index (Phi) is 2.48. The molecule has 4 rings (SSSR count). The standard InChI is InChI=1S/C20H14O/c1-2-13-8-5-9-16-12-19(21)17-10-14-6-3-4-7-15(14)11-18(17)20(13)16/h2-12,21H,1H2. The number of phenols is 1. The molecule has 0 aliphatic rings. The van der Waals surface area contributed by atoms with Crippen molar-refractivity contribution in [1.29, 1.82) is 0 Å². The van der Waals surface area contributed by atoms with Gasteiger partial charge < -0.3 is 5.11 Å². The summed E-state index contributed by atoms with van der Waals surface area (Å²) in [6, 6.07) is 20.3. The van der Waals surface area contributed by atoms with Gasteiger partial charge in [-0.15, -0.1) is 0 Å². The number of rotatable bonds is 1. The van der Waals surface area contributed by atoms with E-state index in [-0.39, 0.29) is 0 Å². The Morgan fingerprint density at radius 1 is 0.762 bits per heavy atom. The van der Waals surface area contributed by atoms with E-state index in [4.69, 9.17) is 0 Å². The summed E-state index contributed by atoms with van der Waals surface area (Å²) in [5.74, 6) is 0.324. The van der Waals surface area contributed by atoms with Crippen LogP contribution < -0.4 is 0 Å². The Morgan fingerprint density at radius 3 is 2.14 bits per heavy atom. The maximum absolute atomic E-state index is 10.4. The molecule has 0 aliphatic heterocycles. The number of fused-ring (bicyclic) bond motifs is 4. The van der Waals surface area contributed by atoms with Crippen LogP contribution in [0, 0.1) is 0 Å². The molecule has 1 nitrogen and oxygen atoms in total. The van der Waals surface area contributed by atoms with Crippen LogP contribution in [0.15, 0.2) is 67.2 Å². The van der Waals surface area contributed by atoms with Crippen molar-refractivity contribution >= 4 is 38.4 Å². The predicted octanol–water partition coefficient (Wildman–Crippen LogP) is 5.49. The number of hydrogen-bond acceptors (Lipinski definition) is 1. The van der Waals surface area contributed by atoms with Crippen LogP contribution in [0.25, 0.3) is 38.4 Å². The van der Waals surface area contributed by atoms with Gasteiger partial charge in [0.15, 0.2) is 0 Å². The molecule has 100 valence electrons. The van der Waals surface area contributed by atoms with E-state index in [1.807, 2.05) is 36.4 Å². The molecule has 21 heavy (non-hydrogen) atoms. The Morgan fingerprint density at radius 2 is 1.43 bits per heavy atom. The largest absolute Gasteiger partial charge is 0.507 e. The third kappa shape index (κ3) is 1.71. The average Bonchev–Trinajstić information content (AvgIpc) is 2.53. The molecule has 0 spiro atoms. The summed E-state index contributed by atoms with van der Waals surface area (Å²) >= 11 is 0. The number of hydrogen-bond donors (Lipinski definition) is 1. The minimum Gasteiger partial charge on any atom is -0.507 e. The van der Waals surface area contributed by atoms with Crippen molar-refractivity contribution in [2.75, 3.05) is 0 Å². The summed E-state index contributed by atoms with van der Waals surface area (Å²) in [7, 11) is 0. The average molecular weight is 270 g/mol. The van der Waals surface area contributed by atoms with Gasteiger partial charge >= 0.3 is 0 Å². The summed E-state index contributed by atoms with van der Waals surface area (Å²) < 4.78 is 0. The second-order valence-electron chi connectivity index (χ2n) is 5.29. The molecule has 0 saturated carbocycles. The summed E-state index contributed by atoms with van der Waals surface area (Å²) in [4.78, 5) is 0. The maximum Gasteiger partial charge on any atom is 0.124 e. The summed E-state index contributed by atoms with van der Waals surface area (Å²) in [6.45, 7) is 3.91.